The number of carbonyl (C=O) groups is 3. The number of fused-ring (bicyclic) bond motifs is 1. The van der Waals surface area contributed by atoms with E-state index in [2.05, 4.69) is 24.8 Å². The number of nitrogens with two attached hydrogens (primary N) is 2. The molecule has 2 unspecified atom stereocenters. The number of nitrogen functional groups attached to an aromatic ring is 2. The van der Waals surface area contributed by atoms with Crippen molar-refractivity contribution in [2.45, 2.75) is 36.0 Å². The average molecular weight is 544 g/mol. The normalized spacial score (nSPS) is 20.1. The monoisotopic (exact) mass is 544 g/mol. The highest BCUT2D eigenvalue weighted by molar-refractivity contribution is 8.03. The summed E-state index contributed by atoms with van der Waals surface area (Å²) in [6.07, 6.45) is -3.41. The van der Waals surface area contributed by atoms with Gasteiger partial charge in [-0.15, -0.1) is 0 Å². The summed E-state index contributed by atoms with van der Waals surface area (Å²) in [4.78, 5) is 45.7. The number of hydrogen-bond donors (Lipinski definition) is 5. The van der Waals surface area contributed by atoms with Crippen LogP contribution in [0, 0.1) is 0 Å². The molecular formula is C18H15F3N8O5S2. The van der Waals surface area contributed by atoms with Gasteiger partial charge in [-0.2, -0.15) is 22.5 Å². The number of pyridine rings is 1. The highest BCUT2D eigenvalue weighted by atomic mass is 32.2. The molecule has 0 aromatic carbocycles. The second-order valence-corrected chi connectivity index (χ2v) is 9.40. The van der Waals surface area contributed by atoms with Crippen LogP contribution in [0.2, 0.25) is 0 Å². The van der Waals surface area contributed by atoms with Crippen LogP contribution < -0.4 is 16.8 Å². The predicted molar refractivity (Wildman–Crippen MR) is 119 cm³/mol. The fourth-order valence-electron chi connectivity index (χ4n) is 3.74. The molecule has 2 aliphatic heterocycles. The molecule has 190 valence electrons. The maximum absolute atomic E-state index is 13.2. The number of carboxylic acid groups (broad SMARTS) is 1. The Morgan fingerprint density at radius 2 is 2.06 bits per heavy atom. The van der Waals surface area contributed by atoms with Crippen molar-refractivity contribution in [1.82, 2.24) is 24.6 Å². The zero-order chi connectivity index (χ0) is 26.4. The van der Waals surface area contributed by atoms with Crippen molar-refractivity contribution in [3.05, 3.63) is 34.3 Å². The first-order valence-corrected chi connectivity index (χ1v) is 11.4. The van der Waals surface area contributed by atoms with Crippen molar-refractivity contribution in [2.75, 3.05) is 11.5 Å². The van der Waals surface area contributed by atoms with Gasteiger partial charge in [0.25, 0.3) is 11.8 Å². The number of carbonyl (C=O) groups excluding carboxylic acids is 2. The number of alkyl halides is 3. The number of aromatic nitrogens is 3. The van der Waals surface area contributed by atoms with Crippen LogP contribution >= 0.6 is 23.3 Å². The lowest BCUT2D eigenvalue weighted by atomic mass is 9.86. The number of aliphatic carboxylic acids is 1. The molecule has 0 saturated carbocycles. The molecule has 7 N–H and O–H groups in total. The minimum atomic E-state index is -4.76. The summed E-state index contributed by atoms with van der Waals surface area (Å²) in [5.74, 6) is -4.20. The number of allylic oxidation sites excluding steroid dienone is 1. The molecule has 1 saturated heterocycles. The molecule has 18 heteroatoms. The van der Waals surface area contributed by atoms with E-state index in [1.807, 2.05) is 0 Å². The summed E-state index contributed by atoms with van der Waals surface area (Å²) in [6, 6.07) is -1.14. The lowest BCUT2D eigenvalue weighted by molar-refractivity contribution is -0.155. The molecule has 36 heavy (non-hydrogen) atoms. The number of nitrogens with zero attached hydrogens (tertiary/aromatic N) is 5. The Morgan fingerprint density at radius 1 is 1.33 bits per heavy atom. The van der Waals surface area contributed by atoms with Crippen LogP contribution in [0.1, 0.15) is 24.2 Å². The number of hydrogen-bond acceptors (Lipinski definition) is 12. The summed E-state index contributed by atoms with van der Waals surface area (Å²) >= 11 is 1.48. The molecule has 2 atom stereocenters. The summed E-state index contributed by atoms with van der Waals surface area (Å²) in [7, 11) is 0. The van der Waals surface area contributed by atoms with E-state index in [0.29, 0.717) is 0 Å². The molecule has 1 fully saturated rings. The van der Waals surface area contributed by atoms with E-state index in [4.69, 9.17) is 11.5 Å². The first kappa shape index (κ1) is 25.2. The van der Waals surface area contributed by atoms with E-state index >= 15 is 0 Å². The van der Waals surface area contributed by atoms with Crippen molar-refractivity contribution in [1.29, 1.82) is 0 Å². The standard InChI is InChI=1S/C18H15F3N8O5S2/c19-18(20,21)6-3-5(4-24-12(6)22)35-8-2-1-7-9(15(31)29(7)11(8)16(32)33)25-14(30)10(27-34)13-26-17(23)36-28-13/h3-4,7,9,34H,1-2H2,(H2,22,24)(H,25,30)(H,32,33)(H2,23,26,28)/b27-10-. The Balaban J connectivity index is 1.55. The van der Waals surface area contributed by atoms with Crippen molar-refractivity contribution < 1.29 is 37.9 Å². The molecule has 2 aromatic rings. The molecule has 0 spiro atoms. The first-order valence-electron chi connectivity index (χ1n) is 9.85. The molecule has 0 aliphatic carbocycles. The Kier molecular flexibility index (Phi) is 6.48. The predicted octanol–water partition coefficient (Wildman–Crippen LogP) is 0.873. The van der Waals surface area contributed by atoms with Gasteiger partial charge in [0.15, 0.2) is 5.13 Å². The van der Waals surface area contributed by atoms with Crippen LogP contribution in [0.4, 0.5) is 24.1 Å². The molecule has 13 nitrogen and oxygen atoms in total. The lowest BCUT2D eigenvalue weighted by Gasteiger charge is -2.50. The Morgan fingerprint density at radius 3 is 2.64 bits per heavy atom. The second-order valence-electron chi connectivity index (χ2n) is 7.45. The number of halogens is 3. The van der Waals surface area contributed by atoms with Crippen molar-refractivity contribution in [3.8, 4) is 0 Å². The molecule has 4 heterocycles. The fourth-order valence-corrected chi connectivity index (χ4v) is 5.25. The van der Waals surface area contributed by atoms with Crippen molar-refractivity contribution in [2.24, 2.45) is 5.16 Å². The van der Waals surface area contributed by atoms with Gasteiger partial charge < -0.3 is 27.1 Å². The first-order chi connectivity index (χ1) is 16.9. The number of anilines is 2. The summed E-state index contributed by atoms with van der Waals surface area (Å²) in [6.45, 7) is 0. The summed E-state index contributed by atoms with van der Waals surface area (Å²) < 4.78 is 43.3. The molecule has 2 aliphatic rings. The van der Waals surface area contributed by atoms with Gasteiger partial charge >= 0.3 is 12.1 Å². The van der Waals surface area contributed by atoms with Crippen LogP contribution in [0.5, 0.6) is 0 Å². The highest BCUT2D eigenvalue weighted by Gasteiger charge is 2.54. The molecule has 2 aromatic heterocycles. The van der Waals surface area contributed by atoms with Crippen molar-refractivity contribution >= 4 is 57.7 Å². The number of amides is 2. The number of β-lactam (4-membered cyclic amide) rings is 1. The van der Waals surface area contributed by atoms with E-state index in [9.17, 15) is 37.9 Å². The van der Waals surface area contributed by atoms with Gasteiger partial charge in [0, 0.05) is 27.5 Å². The molecule has 0 radical (unpaired) electrons. The Labute approximate surface area is 207 Å². The molecular weight excluding hydrogens is 529 g/mol. The maximum Gasteiger partial charge on any atom is 0.419 e. The van der Waals surface area contributed by atoms with Crippen LogP contribution in [0.15, 0.2) is 32.9 Å². The SMILES string of the molecule is Nc1nc(/C(=N/O)C(=O)NC2C(=O)N3C(C(=O)O)=C(Sc4cnc(N)c(C(F)(F)F)c4)CCC23)ns1. The topological polar surface area (TPSA) is 210 Å². The van der Waals surface area contributed by atoms with Gasteiger partial charge in [-0.3, -0.25) is 14.5 Å². The maximum atomic E-state index is 13.2. The average Bonchev–Trinajstić information content (AvgIpc) is 3.23. The largest absolute Gasteiger partial charge is 0.477 e. The zero-order valence-corrected chi connectivity index (χ0v) is 19.3. The van der Waals surface area contributed by atoms with Crippen LogP contribution in [0.3, 0.4) is 0 Å². The minimum Gasteiger partial charge on any atom is -0.477 e. The van der Waals surface area contributed by atoms with E-state index in [0.717, 1.165) is 40.5 Å². The second kappa shape index (κ2) is 9.26. The molecule has 2 amide bonds. The van der Waals surface area contributed by atoms with Gasteiger partial charge in [0.05, 0.1) is 11.6 Å². The van der Waals surface area contributed by atoms with Gasteiger partial charge in [-0.25, -0.2) is 9.78 Å². The Hall–Kier alpha value is -3.93. The number of rotatable bonds is 6. The highest BCUT2D eigenvalue weighted by Crippen LogP contribution is 2.44. The third-order valence-electron chi connectivity index (χ3n) is 5.29. The quantitative estimate of drug-likeness (QED) is 0.149. The lowest BCUT2D eigenvalue weighted by Crippen LogP contribution is -2.72. The molecule has 0 bridgehead atoms. The Bertz CT molecular complexity index is 1330. The van der Waals surface area contributed by atoms with Crippen molar-refractivity contribution in [3.63, 3.8) is 0 Å². The smallest absolute Gasteiger partial charge is 0.419 e. The van der Waals surface area contributed by atoms with E-state index in [1.54, 1.807) is 0 Å². The zero-order valence-electron chi connectivity index (χ0n) is 17.7. The fraction of sp³-hybridized carbons (Fsp3) is 0.278. The van der Waals surface area contributed by atoms with E-state index in [1.165, 1.54) is 0 Å². The van der Waals surface area contributed by atoms with Crippen LogP contribution in [0.25, 0.3) is 0 Å². The third-order valence-corrected chi connectivity index (χ3v) is 6.94. The summed E-state index contributed by atoms with van der Waals surface area (Å²) in [5, 5.41) is 24.2. The molecule has 4 rings (SSSR count). The number of carboxylic acids is 1. The van der Waals surface area contributed by atoms with E-state index < -0.39 is 58.8 Å². The van der Waals surface area contributed by atoms with Crippen LogP contribution in [-0.2, 0) is 20.6 Å². The number of oxime groups is 1. The minimum absolute atomic E-state index is 0.0112. The van der Waals surface area contributed by atoms with E-state index in [-0.39, 0.29) is 33.6 Å². The van der Waals surface area contributed by atoms with Gasteiger partial charge in [-0.1, -0.05) is 16.9 Å². The third kappa shape index (κ3) is 4.51. The van der Waals surface area contributed by atoms with Crippen LogP contribution in [-0.4, -0.2) is 65.1 Å². The summed E-state index contributed by atoms with van der Waals surface area (Å²) in [5.41, 5.74) is 8.59. The number of thioether (sulfide) groups is 1. The van der Waals surface area contributed by atoms with Gasteiger partial charge in [-0.05, 0) is 18.9 Å². The number of nitrogens with one attached hydrogen (secondary N) is 1. The van der Waals surface area contributed by atoms with Gasteiger partial charge in [0.1, 0.15) is 17.6 Å². The van der Waals surface area contributed by atoms with Gasteiger partial charge in [0.2, 0.25) is 11.5 Å².